The van der Waals surface area contributed by atoms with E-state index in [-0.39, 0.29) is 6.04 Å². The van der Waals surface area contributed by atoms with Crippen molar-refractivity contribution in [2.75, 3.05) is 13.7 Å². The molecule has 1 N–H and O–H groups in total. The Balaban J connectivity index is 2.38. The summed E-state index contributed by atoms with van der Waals surface area (Å²) in [6.45, 7) is 2.83. The molecule has 1 aromatic heterocycles. The fourth-order valence-corrected chi connectivity index (χ4v) is 2.27. The first-order valence-corrected chi connectivity index (χ1v) is 6.73. The van der Waals surface area contributed by atoms with E-state index >= 15 is 0 Å². The van der Waals surface area contributed by atoms with Crippen LogP contribution in [0, 0.1) is 0 Å². The van der Waals surface area contributed by atoms with E-state index in [4.69, 9.17) is 32.4 Å². The summed E-state index contributed by atoms with van der Waals surface area (Å²) in [5, 5.41) is 4.30. The van der Waals surface area contributed by atoms with E-state index in [1.54, 1.807) is 13.2 Å². The van der Waals surface area contributed by atoms with Gasteiger partial charge >= 0.3 is 0 Å². The number of rotatable bonds is 5. The summed E-state index contributed by atoms with van der Waals surface area (Å²) in [6, 6.07) is 9.15. The lowest BCUT2D eigenvalue weighted by Gasteiger charge is -2.17. The van der Waals surface area contributed by atoms with Gasteiger partial charge in [0.2, 0.25) is 0 Å². The molecule has 102 valence electrons. The van der Waals surface area contributed by atoms with Gasteiger partial charge in [-0.1, -0.05) is 24.6 Å². The number of ether oxygens (including phenoxy) is 1. The van der Waals surface area contributed by atoms with E-state index in [9.17, 15) is 0 Å². The zero-order valence-corrected chi connectivity index (χ0v) is 12.3. The molecule has 0 aliphatic heterocycles. The topological polar surface area (TPSA) is 34.4 Å². The minimum absolute atomic E-state index is 0.0799. The highest BCUT2D eigenvalue weighted by Gasteiger charge is 2.18. The van der Waals surface area contributed by atoms with Gasteiger partial charge < -0.3 is 14.5 Å². The molecule has 2 aromatic rings. The largest absolute Gasteiger partial charge is 0.495 e. The van der Waals surface area contributed by atoms with Crippen LogP contribution in [0.3, 0.4) is 0 Å². The Kier molecular flexibility index (Phi) is 4.75. The maximum absolute atomic E-state index is 6.04. The third kappa shape index (κ3) is 3.24. The van der Waals surface area contributed by atoms with Crippen LogP contribution in [0.5, 0.6) is 5.75 Å². The lowest BCUT2D eigenvalue weighted by atomic mass is 10.0. The zero-order chi connectivity index (χ0) is 13.8. The fraction of sp³-hybridized carbons (Fsp3) is 0.286. The van der Waals surface area contributed by atoms with Crippen LogP contribution in [0.2, 0.25) is 10.2 Å². The molecule has 0 spiro atoms. The summed E-state index contributed by atoms with van der Waals surface area (Å²) in [7, 11) is 1.59. The molecule has 1 aromatic carbocycles. The SMILES string of the molecule is CCNC(c1ccc(Cl)c(OC)c1)c1ccc(Cl)o1. The van der Waals surface area contributed by atoms with Crippen molar-refractivity contribution in [2.45, 2.75) is 13.0 Å². The molecule has 0 saturated carbocycles. The summed E-state index contributed by atoms with van der Waals surface area (Å²) < 4.78 is 10.7. The molecule has 2 rings (SSSR count). The second-order valence-electron chi connectivity index (χ2n) is 4.03. The third-order valence-corrected chi connectivity index (χ3v) is 3.31. The van der Waals surface area contributed by atoms with Gasteiger partial charge in [0.05, 0.1) is 18.2 Å². The molecule has 0 aliphatic rings. The van der Waals surface area contributed by atoms with Crippen molar-refractivity contribution < 1.29 is 9.15 Å². The van der Waals surface area contributed by atoms with Crippen LogP contribution in [-0.2, 0) is 0 Å². The lowest BCUT2D eigenvalue weighted by molar-refractivity contribution is 0.412. The minimum Gasteiger partial charge on any atom is -0.495 e. The van der Waals surface area contributed by atoms with Crippen molar-refractivity contribution in [1.82, 2.24) is 5.32 Å². The van der Waals surface area contributed by atoms with Crippen molar-refractivity contribution in [3.05, 3.63) is 51.9 Å². The number of hydrogen-bond acceptors (Lipinski definition) is 3. The van der Waals surface area contributed by atoms with Crippen LogP contribution in [0.25, 0.3) is 0 Å². The van der Waals surface area contributed by atoms with E-state index in [0.29, 0.717) is 16.0 Å². The predicted molar refractivity (Wildman–Crippen MR) is 77.2 cm³/mol. The molecule has 19 heavy (non-hydrogen) atoms. The zero-order valence-electron chi connectivity index (χ0n) is 10.7. The Morgan fingerprint density at radius 3 is 2.63 bits per heavy atom. The first-order valence-electron chi connectivity index (χ1n) is 5.97. The average Bonchev–Trinajstić information content (AvgIpc) is 2.83. The highest BCUT2D eigenvalue weighted by atomic mass is 35.5. The van der Waals surface area contributed by atoms with Crippen LogP contribution in [0.15, 0.2) is 34.7 Å². The van der Waals surface area contributed by atoms with E-state index in [0.717, 1.165) is 17.9 Å². The second kappa shape index (κ2) is 6.33. The smallest absolute Gasteiger partial charge is 0.193 e. The molecule has 1 heterocycles. The summed E-state index contributed by atoms with van der Waals surface area (Å²) in [5.74, 6) is 1.40. The van der Waals surface area contributed by atoms with Gasteiger partial charge in [0, 0.05) is 0 Å². The molecule has 1 atom stereocenters. The van der Waals surface area contributed by atoms with Crippen LogP contribution in [0.4, 0.5) is 0 Å². The molecule has 0 amide bonds. The number of nitrogens with one attached hydrogen (secondary N) is 1. The molecule has 3 nitrogen and oxygen atoms in total. The van der Waals surface area contributed by atoms with Gasteiger partial charge in [0.25, 0.3) is 0 Å². The Hall–Kier alpha value is -1.16. The molecule has 0 bridgehead atoms. The van der Waals surface area contributed by atoms with Gasteiger partial charge in [-0.25, -0.2) is 0 Å². The highest BCUT2D eigenvalue weighted by molar-refractivity contribution is 6.32. The van der Waals surface area contributed by atoms with Crippen molar-refractivity contribution in [3.63, 3.8) is 0 Å². The number of benzene rings is 1. The average molecular weight is 300 g/mol. The molecule has 0 fully saturated rings. The number of furan rings is 1. The highest BCUT2D eigenvalue weighted by Crippen LogP contribution is 2.31. The van der Waals surface area contributed by atoms with Gasteiger partial charge in [-0.3, -0.25) is 0 Å². The molecular formula is C14H15Cl2NO2. The Morgan fingerprint density at radius 2 is 2.05 bits per heavy atom. The van der Waals surface area contributed by atoms with Crippen LogP contribution >= 0.6 is 23.2 Å². The molecular weight excluding hydrogens is 285 g/mol. The van der Waals surface area contributed by atoms with Crippen LogP contribution in [-0.4, -0.2) is 13.7 Å². The Bertz CT molecular complexity index is 554. The Labute approximate surface area is 122 Å². The summed E-state index contributed by atoms with van der Waals surface area (Å²) in [5.41, 5.74) is 1.01. The fourth-order valence-electron chi connectivity index (χ4n) is 1.93. The number of methoxy groups -OCH3 is 1. The monoisotopic (exact) mass is 299 g/mol. The van der Waals surface area contributed by atoms with Crippen molar-refractivity contribution in [2.24, 2.45) is 0 Å². The van der Waals surface area contributed by atoms with Gasteiger partial charge in [-0.2, -0.15) is 0 Å². The van der Waals surface area contributed by atoms with Gasteiger partial charge in [-0.05, 0) is 48.0 Å². The minimum atomic E-state index is -0.0799. The van der Waals surface area contributed by atoms with Crippen molar-refractivity contribution in [3.8, 4) is 5.75 Å². The quantitative estimate of drug-likeness (QED) is 0.894. The predicted octanol–water partition coefficient (Wildman–Crippen LogP) is 4.29. The van der Waals surface area contributed by atoms with E-state index in [1.165, 1.54) is 0 Å². The van der Waals surface area contributed by atoms with Crippen LogP contribution in [0.1, 0.15) is 24.3 Å². The first kappa shape index (κ1) is 14.3. The van der Waals surface area contributed by atoms with E-state index in [1.807, 2.05) is 31.2 Å². The van der Waals surface area contributed by atoms with Gasteiger partial charge in [0.1, 0.15) is 11.5 Å². The van der Waals surface area contributed by atoms with Crippen LogP contribution < -0.4 is 10.1 Å². The Morgan fingerprint density at radius 1 is 1.26 bits per heavy atom. The maximum Gasteiger partial charge on any atom is 0.193 e. The lowest BCUT2D eigenvalue weighted by Crippen LogP contribution is -2.21. The van der Waals surface area contributed by atoms with Crippen molar-refractivity contribution >= 4 is 23.2 Å². The summed E-state index contributed by atoms with van der Waals surface area (Å²) in [4.78, 5) is 0. The van der Waals surface area contributed by atoms with E-state index in [2.05, 4.69) is 5.32 Å². The standard InChI is InChI=1S/C14H15Cl2NO2/c1-3-17-14(11-6-7-13(16)19-11)9-4-5-10(15)12(8-9)18-2/h4-8,14,17H,3H2,1-2H3. The molecule has 1 unspecified atom stereocenters. The van der Waals surface area contributed by atoms with Crippen molar-refractivity contribution in [1.29, 1.82) is 0 Å². The molecule has 5 heteroatoms. The first-order chi connectivity index (χ1) is 9.15. The molecule has 0 aliphatic carbocycles. The summed E-state index contributed by atoms with van der Waals surface area (Å²) >= 11 is 11.9. The molecule has 0 saturated heterocycles. The van der Waals surface area contributed by atoms with Gasteiger partial charge in [0.15, 0.2) is 5.22 Å². The third-order valence-electron chi connectivity index (χ3n) is 2.80. The normalized spacial score (nSPS) is 12.4. The van der Waals surface area contributed by atoms with E-state index < -0.39 is 0 Å². The number of hydrogen-bond donors (Lipinski definition) is 1. The van der Waals surface area contributed by atoms with Gasteiger partial charge in [-0.15, -0.1) is 0 Å². The number of halogens is 2. The maximum atomic E-state index is 6.04. The summed E-state index contributed by atoms with van der Waals surface area (Å²) in [6.07, 6.45) is 0. The molecule has 0 radical (unpaired) electrons. The second-order valence-corrected chi connectivity index (χ2v) is 4.81.